The fraction of sp³-hybridized carbons (Fsp3) is 0.471. The van der Waals surface area contributed by atoms with Crippen molar-refractivity contribution >= 4 is 11.9 Å². The summed E-state index contributed by atoms with van der Waals surface area (Å²) < 4.78 is 11.5. The molecule has 0 saturated carbocycles. The molecule has 0 saturated heterocycles. The lowest BCUT2D eigenvalue weighted by Crippen LogP contribution is -2.44. The van der Waals surface area contributed by atoms with E-state index in [-0.39, 0.29) is 36.9 Å². The van der Waals surface area contributed by atoms with Gasteiger partial charge in [0.15, 0.2) is 0 Å². The van der Waals surface area contributed by atoms with Crippen molar-refractivity contribution in [1.29, 1.82) is 0 Å². The Balaban J connectivity index is 1.54. The Morgan fingerprint density at radius 3 is 1.34 bits per heavy atom. The summed E-state index contributed by atoms with van der Waals surface area (Å²) in [5.41, 5.74) is 5.06. The lowest BCUT2D eigenvalue weighted by atomic mass is 9.54. The lowest BCUT2D eigenvalue weighted by molar-refractivity contribution is -0.143. The molecular formula is C34H38O4. The summed E-state index contributed by atoms with van der Waals surface area (Å²) in [7, 11) is 0. The summed E-state index contributed by atoms with van der Waals surface area (Å²) >= 11 is 0. The first kappa shape index (κ1) is 27.5. The van der Waals surface area contributed by atoms with Crippen LogP contribution >= 0.6 is 0 Å². The minimum absolute atomic E-state index is 0.0269. The van der Waals surface area contributed by atoms with Crippen LogP contribution in [-0.4, -0.2) is 25.2 Å². The summed E-state index contributed by atoms with van der Waals surface area (Å²) in [4.78, 5) is 25.0. The van der Waals surface area contributed by atoms with Crippen molar-refractivity contribution < 1.29 is 19.1 Å². The third kappa shape index (κ3) is 6.49. The maximum absolute atomic E-state index is 12.5. The number of hydrogen-bond donors (Lipinski definition) is 0. The van der Waals surface area contributed by atoms with Crippen LogP contribution in [0.1, 0.15) is 99.3 Å². The van der Waals surface area contributed by atoms with Crippen LogP contribution in [0.15, 0.2) is 48.5 Å². The number of benzene rings is 2. The molecule has 2 atom stereocenters. The molecule has 0 spiro atoms. The molecule has 5 rings (SSSR count). The van der Waals surface area contributed by atoms with Gasteiger partial charge in [0.2, 0.25) is 0 Å². The van der Waals surface area contributed by atoms with Crippen molar-refractivity contribution in [2.45, 2.75) is 77.0 Å². The average molecular weight is 511 g/mol. The average Bonchev–Trinajstić information content (AvgIpc) is 2.94. The third-order valence-corrected chi connectivity index (χ3v) is 7.74. The second-order valence-electron chi connectivity index (χ2n) is 10.3. The number of esters is 2. The standard InChI is InChI=1S/C34H38O4/c1-3-5-7-9-11-21-31(35)37-23-29-30(24-38-32(36)22-12-10-8-6-4-2)34-27-19-15-13-17-25(27)33(29)26-18-14-16-20-28(26)34/h13-20,29-30,33-34H,3-10,23-24H2,1-2H3/t29-,30-,33?,34?/m0/s1. The maximum Gasteiger partial charge on any atom is 0.384 e. The van der Waals surface area contributed by atoms with E-state index in [1.807, 2.05) is 0 Å². The van der Waals surface area contributed by atoms with Gasteiger partial charge in [-0.05, 0) is 35.1 Å². The van der Waals surface area contributed by atoms with Crippen molar-refractivity contribution in [1.82, 2.24) is 0 Å². The first-order valence-corrected chi connectivity index (χ1v) is 14.1. The molecule has 198 valence electrons. The summed E-state index contributed by atoms with van der Waals surface area (Å²) in [6, 6.07) is 17.0. The van der Waals surface area contributed by atoms with Crippen LogP contribution < -0.4 is 0 Å². The first-order valence-electron chi connectivity index (χ1n) is 14.1. The van der Waals surface area contributed by atoms with Crippen LogP contribution in [0.5, 0.6) is 0 Å². The molecular weight excluding hydrogens is 472 g/mol. The van der Waals surface area contributed by atoms with E-state index in [1.165, 1.54) is 22.3 Å². The molecule has 0 heterocycles. The van der Waals surface area contributed by atoms with Gasteiger partial charge < -0.3 is 9.47 Å². The molecule has 0 radical (unpaired) electrons. The van der Waals surface area contributed by atoms with E-state index in [9.17, 15) is 9.59 Å². The van der Waals surface area contributed by atoms with Crippen LogP contribution in [0.25, 0.3) is 0 Å². The van der Waals surface area contributed by atoms with Crippen LogP contribution in [0.4, 0.5) is 0 Å². The molecule has 0 aliphatic heterocycles. The Morgan fingerprint density at radius 1 is 0.632 bits per heavy atom. The van der Waals surface area contributed by atoms with Crippen molar-refractivity contribution in [3.05, 3.63) is 70.8 Å². The van der Waals surface area contributed by atoms with E-state index >= 15 is 0 Å². The fourth-order valence-electron chi connectivity index (χ4n) is 5.96. The SMILES string of the molecule is CCCCCC#CC(=O)OC[C@@H]1C2c3ccccc3C(c3ccccc32)[C@H]1COC(=O)C#CCCCCC. The zero-order valence-electron chi connectivity index (χ0n) is 22.6. The molecule has 3 aliphatic rings. The maximum atomic E-state index is 12.5. The molecule has 38 heavy (non-hydrogen) atoms. The highest BCUT2D eigenvalue weighted by molar-refractivity contribution is 5.88. The number of hydrogen-bond acceptors (Lipinski definition) is 4. The predicted octanol–water partition coefficient (Wildman–Crippen LogP) is 6.76. The smallest absolute Gasteiger partial charge is 0.384 e. The van der Waals surface area contributed by atoms with E-state index in [4.69, 9.17) is 9.47 Å². The van der Waals surface area contributed by atoms with E-state index in [0.29, 0.717) is 12.8 Å². The van der Waals surface area contributed by atoms with Crippen LogP contribution in [0.3, 0.4) is 0 Å². The molecule has 0 aromatic heterocycles. The van der Waals surface area contributed by atoms with Crippen LogP contribution in [-0.2, 0) is 19.1 Å². The number of ether oxygens (including phenoxy) is 2. The topological polar surface area (TPSA) is 52.6 Å². The van der Waals surface area contributed by atoms with E-state index in [1.54, 1.807) is 0 Å². The molecule has 2 aromatic rings. The minimum Gasteiger partial charge on any atom is -0.456 e. The molecule has 0 unspecified atom stereocenters. The molecule has 2 aromatic carbocycles. The lowest BCUT2D eigenvalue weighted by Gasteiger charge is -2.50. The number of carbonyl (C=O) groups excluding carboxylic acids is 2. The van der Waals surface area contributed by atoms with Crippen molar-refractivity contribution in [3.63, 3.8) is 0 Å². The van der Waals surface area contributed by atoms with Gasteiger partial charge in [0.05, 0.1) is 13.2 Å². The molecule has 4 nitrogen and oxygen atoms in total. The fourth-order valence-corrected chi connectivity index (χ4v) is 5.96. The monoisotopic (exact) mass is 510 g/mol. The molecule has 0 fully saturated rings. The number of rotatable bonds is 10. The number of carbonyl (C=O) groups is 2. The second kappa shape index (κ2) is 13.9. The largest absolute Gasteiger partial charge is 0.456 e. The predicted molar refractivity (Wildman–Crippen MR) is 149 cm³/mol. The zero-order valence-corrected chi connectivity index (χ0v) is 22.6. The summed E-state index contributed by atoms with van der Waals surface area (Å²) in [5.74, 6) is 10.3. The highest BCUT2D eigenvalue weighted by Crippen LogP contribution is 2.58. The van der Waals surface area contributed by atoms with E-state index in [0.717, 1.165) is 38.5 Å². The van der Waals surface area contributed by atoms with Crippen molar-refractivity contribution in [2.24, 2.45) is 11.8 Å². The van der Waals surface area contributed by atoms with E-state index < -0.39 is 11.9 Å². The van der Waals surface area contributed by atoms with Gasteiger partial charge in [-0.3, -0.25) is 0 Å². The zero-order chi connectivity index (χ0) is 26.7. The Hall–Kier alpha value is -3.50. The minimum atomic E-state index is -0.488. The van der Waals surface area contributed by atoms with E-state index in [2.05, 4.69) is 86.1 Å². The second-order valence-corrected chi connectivity index (χ2v) is 10.3. The summed E-state index contributed by atoms with van der Waals surface area (Å²) in [6.07, 6.45) is 7.85. The van der Waals surface area contributed by atoms with Gasteiger partial charge in [-0.25, -0.2) is 9.59 Å². The van der Waals surface area contributed by atoms with Gasteiger partial charge >= 0.3 is 11.9 Å². The Bertz CT molecular complexity index is 1090. The van der Waals surface area contributed by atoms with Crippen LogP contribution in [0, 0.1) is 35.5 Å². The molecule has 4 heteroatoms. The van der Waals surface area contributed by atoms with Gasteiger partial charge in [-0.15, -0.1) is 0 Å². The quantitative estimate of drug-likeness (QED) is 0.153. The summed E-state index contributed by atoms with van der Waals surface area (Å²) in [5, 5.41) is 0. The van der Waals surface area contributed by atoms with Crippen LogP contribution in [0.2, 0.25) is 0 Å². The molecule has 0 N–H and O–H groups in total. The van der Waals surface area contributed by atoms with Gasteiger partial charge in [0.25, 0.3) is 0 Å². The molecule has 3 aliphatic carbocycles. The van der Waals surface area contributed by atoms with Gasteiger partial charge in [0.1, 0.15) is 0 Å². The molecule has 0 amide bonds. The van der Waals surface area contributed by atoms with Crippen molar-refractivity contribution in [2.75, 3.05) is 13.2 Å². The van der Waals surface area contributed by atoms with Crippen molar-refractivity contribution in [3.8, 4) is 23.7 Å². The van der Waals surface area contributed by atoms with Gasteiger partial charge in [0, 0.05) is 48.4 Å². The number of fused-ring (bicyclic) bond motifs is 1. The third-order valence-electron chi connectivity index (χ3n) is 7.74. The highest BCUT2D eigenvalue weighted by atomic mass is 16.5. The Labute approximate surface area is 227 Å². The summed E-state index contributed by atoms with van der Waals surface area (Å²) in [6.45, 7) is 4.75. The Morgan fingerprint density at radius 2 is 1.00 bits per heavy atom. The first-order chi connectivity index (χ1) is 18.7. The number of unbranched alkanes of at least 4 members (excludes halogenated alkanes) is 6. The molecule has 2 bridgehead atoms. The normalized spacial score (nSPS) is 20.2. The highest BCUT2D eigenvalue weighted by Gasteiger charge is 2.50. The van der Waals surface area contributed by atoms with Gasteiger partial charge in [-0.2, -0.15) is 0 Å². The van der Waals surface area contributed by atoms with Gasteiger partial charge in [-0.1, -0.05) is 99.9 Å². The Kier molecular flexibility index (Phi) is 10.1.